The highest BCUT2D eigenvalue weighted by Crippen LogP contribution is 2.31. The molecule has 0 saturated heterocycles. The van der Waals surface area contributed by atoms with Crippen LogP contribution < -0.4 is 9.75 Å². The molecule has 2 heterocycles. The zero-order valence-electron chi connectivity index (χ0n) is 11.5. The van der Waals surface area contributed by atoms with Gasteiger partial charge in [-0.25, -0.2) is 5.01 Å². The van der Waals surface area contributed by atoms with E-state index < -0.39 is 0 Å². The monoisotopic (exact) mass is 282 g/mol. The van der Waals surface area contributed by atoms with Crippen molar-refractivity contribution in [3.05, 3.63) is 53.7 Å². The number of nitroso groups, excluding NO2 is 1. The average molecular weight is 282 g/mol. The third-order valence-electron chi connectivity index (χ3n) is 3.16. The number of benzene rings is 1. The van der Waals surface area contributed by atoms with Crippen LogP contribution in [0, 0.1) is 4.91 Å². The predicted octanol–water partition coefficient (Wildman–Crippen LogP) is 3.47. The Morgan fingerprint density at radius 1 is 1.29 bits per heavy atom. The smallest absolute Gasteiger partial charge is 0.197 e. The molecule has 1 aromatic carbocycles. The quantitative estimate of drug-likeness (QED) is 0.805. The maximum Gasteiger partial charge on any atom is 0.197 e. The first-order valence-electron chi connectivity index (χ1n) is 6.60. The largest absolute Gasteiger partial charge is 0.466 e. The summed E-state index contributed by atoms with van der Waals surface area (Å²) in [6.07, 6.45) is 3.32. The molecule has 1 aliphatic heterocycles. The zero-order chi connectivity index (χ0) is 14.7. The van der Waals surface area contributed by atoms with E-state index in [9.17, 15) is 4.91 Å². The van der Waals surface area contributed by atoms with Gasteiger partial charge in [0, 0.05) is 24.4 Å². The number of hydrazone groups is 1. The Morgan fingerprint density at radius 3 is 2.86 bits per heavy atom. The topological polar surface area (TPSA) is 67.2 Å². The lowest BCUT2D eigenvalue weighted by Gasteiger charge is -2.24. The molecule has 6 nitrogen and oxygen atoms in total. The number of rotatable bonds is 4. The molecule has 0 saturated carbocycles. The second-order valence-corrected chi connectivity index (χ2v) is 4.73. The number of hydrogen-bond acceptors (Lipinski definition) is 6. The molecule has 0 spiro atoms. The third-order valence-corrected chi connectivity index (χ3v) is 3.16. The summed E-state index contributed by atoms with van der Waals surface area (Å²) in [6.45, 7) is 1.95. The highest BCUT2D eigenvalue weighted by molar-refractivity contribution is 5.86. The number of para-hydroxylation sites is 1. The van der Waals surface area contributed by atoms with E-state index in [1.54, 1.807) is 12.3 Å². The van der Waals surface area contributed by atoms with E-state index in [2.05, 4.69) is 15.3 Å². The van der Waals surface area contributed by atoms with Gasteiger partial charge in [-0.05, 0) is 24.2 Å². The van der Waals surface area contributed by atoms with Gasteiger partial charge >= 0.3 is 0 Å². The first kappa shape index (κ1) is 13.2. The summed E-state index contributed by atoms with van der Waals surface area (Å²) in [7, 11) is 0. The van der Waals surface area contributed by atoms with Gasteiger partial charge < -0.3 is 4.74 Å². The Morgan fingerprint density at radius 2 is 2.10 bits per heavy atom. The van der Waals surface area contributed by atoms with Crippen LogP contribution in [0.5, 0.6) is 5.75 Å². The first-order valence-corrected chi connectivity index (χ1v) is 6.60. The fraction of sp³-hybridized carbons (Fsp3) is 0.200. The molecule has 1 aromatic heterocycles. The van der Waals surface area contributed by atoms with E-state index in [4.69, 9.17) is 4.74 Å². The fourth-order valence-corrected chi connectivity index (χ4v) is 2.21. The summed E-state index contributed by atoms with van der Waals surface area (Å²) in [4.78, 5) is 14.7. The first-order chi connectivity index (χ1) is 10.3. The molecule has 0 N–H and O–H groups in total. The molecule has 0 amide bonds. The number of aromatic nitrogens is 1. The van der Waals surface area contributed by atoms with Gasteiger partial charge in [0.05, 0.1) is 11.9 Å². The van der Waals surface area contributed by atoms with E-state index in [0.29, 0.717) is 12.2 Å². The lowest BCUT2D eigenvalue weighted by molar-refractivity contribution is 0.214. The van der Waals surface area contributed by atoms with Crippen LogP contribution in [0.4, 0.5) is 11.4 Å². The van der Waals surface area contributed by atoms with Crippen LogP contribution in [0.3, 0.4) is 0 Å². The fourth-order valence-electron chi connectivity index (χ4n) is 2.21. The Balaban J connectivity index is 1.86. The molecule has 0 fully saturated rings. The Bertz CT molecular complexity index is 672. The standard InChI is InChI=1S/C15H14N4O2/c1-11-9-15(19(17-11)12-5-3-2-4-6-12)21-14-7-8-16-10-13(14)18-20/h2-8,10,15H,9H2,1H3. The lowest BCUT2D eigenvalue weighted by Crippen LogP contribution is -2.31. The van der Waals surface area contributed by atoms with Crippen LogP contribution in [0.1, 0.15) is 13.3 Å². The summed E-state index contributed by atoms with van der Waals surface area (Å²) in [5, 5.41) is 9.24. The van der Waals surface area contributed by atoms with Crippen LogP contribution in [0.2, 0.25) is 0 Å². The van der Waals surface area contributed by atoms with Crippen molar-refractivity contribution in [2.75, 3.05) is 5.01 Å². The van der Waals surface area contributed by atoms with Gasteiger partial charge in [0.2, 0.25) is 0 Å². The summed E-state index contributed by atoms with van der Waals surface area (Å²) >= 11 is 0. The van der Waals surface area contributed by atoms with Gasteiger partial charge in [0.15, 0.2) is 17.7 Å². The Hall–Kier alpha value is -2.76. The zero-order valence-corrected chi connectivity index (χ0v) is 11.5. The molecular weight excluding hydrogens is 268 g/mol. The van der Waals surface area contributed by atoms with Crippen molar-refractivity contribution in [1.82, 2.24) is 4.98 Å². The van der Waals surface area contributed by atoms with E-state index in [-0.39, 0.29) is 11.9 Å². The minimum Gasteiger partial charge on any atom is -0.466 e. The number of pyridine rings is 1. The van der Waals surface area contributed by atoms with Crippen LogP contribution in [0.15, 0.2) is 59.1 Å². The molecule has 1 aliphatic rings. The molecular formula is C15H14N4O2. The molecule has 21 heavy (non-hydrogen) atoms. The molecule has 1 unspecified atom stereocenters. The molecule has 0 radical (unpaired) electrons. The van der Waals surface area contributed by atoms with Crippen LogP contribution in [-0.4, -0.2) is 16.9 Å². The van der Waals surface area contributed by atoms with Crippen LogP contribution in [-0.2, 0) is 0 Å². The number of anilines is 1. The highest BCUT2D eigenvalue weighted by atomic mass is 16.5. The molecule has 3 rings (SSSR count). The van der Waals surface area contributed by atoms with Crippen molar-refractivity contribution in [3.8, 4) is 5.75 Å². The molecule has 0 aliphatic carbocycles. The lowest BCUT2D eigenvalue weighted by atomic mass is 10.2. The average Bonchev–Trinajstić information content (AvgIpc) is 2.89. The van der Waals surface area contributed by atoms with Crippen molar-refractivity contribution in [2.24, 2.45) is 10.3 Å². The van der Waals surface area contributed by atoms with Gasteiger partial charge in [-0.2, -0.15) is 5.10 Å². The van der Waals surface area contributed by atoms with Crippen molar-refractivity contribution in [2.45, 2.75) is 19.6 Å². The van der Waals surface area contributed by atoms with Crippen molar-refractivity contribution in [1.29, 1.82) is 0 Å². The van der Waals surface area contributed by atoms with Crippen molar-refractivity contribution in [3.63, 3.8) is 0 Å². The van der Waals surface area contributed by atoms with Crippen LogP contribution >= 0.6 is 0 Å². The summed E-state index contributed by atoms with van der Waals surface area (Å²) in [6, 6.07) is 11.4. The van der Waals surface area contributed by atoms with E-state index in [0.717, 1.165) is 11.4 Å². The SMILES string of the molecule is CC1=NN(c2ccccc2)C(Oc2ccncc2N=O)C1. The number of hydrogen-bond donors (Lipinski definition) is 0. The molecule has 106 valence electrons. The molecule has 2 aromatic rings. The highest BCUT2D eigenvalue weighted by Gasteiger charge is 2.28. The minimum atomic E-state index is -0.296. The van der Waals surface area contributed by atoms with E-state index in [1.165, 1.54) is 6.20 Å². The van der Waals surface area contributed by atoms with E-state index in [1.807, 2.05) is 42.3 Å². The second kappa shape index (κ2) is 5.70. The van der Waals surface area contributed by atoms with Crippen molar-refractivity contribution >= 4 is 17.1 Å². The molecule has 1 atom stereocenters. The Kier molecular flexibility index (Phi) is 3.59. The normalized spacial score (nSPS) is 17.5. The predicted molar refractivity (Wildman–Crippen MR) is 80.8 cm³/mol. The molecule has 6 heteroatoms. The number of nitrogens with zero attached hydrogens (tertiary/aromatic N) is 4. The number of ether oxygens (including phenoxy) is 1. The maximum atomic E-state index is 10.8. The summed E-state index contributed by atoms with van der Waals surface area (Å²) in [5.74, 6) is 0.413. The maximum absolute atomic E-state index is 10.8. The van der Waals surface area contributed by atoms with Crippen LogP contribution in [0.25, 0.3) is 0 Å². The Labute approximate surface area is 122 Å². The minimum absolute atomic E-state index is 0.190. The van der Waals surface area contributed by atoms with Gasteiger partial charge in [-0.3, -0.25) is 4.98 Å². The van der Waals surface area contributed by atoms with Crippen molar-refractivity contribution < 1.29 is 4.74 Å². The van der Waals surface area contributed by atoms with Gasteiger partial charge in [0.25, 0.3) is 0 Å². The third kappa shape index (κ3) is 2.74. The molecule has 0 bridgehead atoms. The van der Waals surface area contributed by atoms with Gasteiger partial charge in [-0.15, -0.1) is 4.91 Å². The summed E-state index contributed by atoms with van der Waals surface area (Å²) < 4.78 is 5.91. The van der Waals surface area contributed by atoms with E-state index >= 15 is 0 Å². The second-order valence-electron chi connectivity index (χ2n) is 4.73. The van der Waals surface area contributed by atoms with Gasteiger partial charge in [0.1, 0.15) is 0 Å². The summed E-state index contributed by atoms with van der Waals surface area (Å²) in [5.41, 5.74) is 2.10. The van der Waals surface area contributed by atoms with Gasteiger partial charge in [-0.1, -0.05) is 18.2 Å².